The van der Waals surface area contributed by atoms with Crippen molar-refractivity contribution in [1.82, 2.24) is 19.9 Å². The van der Waals surface area contributed by atoms with Crippen LogP contribution < -0.4 is 0 Å². The first kappa shape index (κ1) is 14.8. The minimum atomic E-state index is 0.0520. The van der Waals surface area contributed by atoms with Crippen molar-refractivity contribution < 1.29 is 4.79 Å². The van der Waals surface area contributed by atoms with Crippen LogP contribution in [0.3, 0.4) is 0 Å². The molecule has 2 aromatic heterocycles. The van der Waals surface area contributed by atoms with Crippen LogP contribution in [0.25, 0.3) is 11.0 Å². The van der Waals surface area contributed by atoms with Crippen molar-refractivity contribution in [2.24, 2.45) is 0 Å². The van der Waals surface area contributed by atoms with E-state index in [9.17, 15) is 4.79 Å². The molecule has 0 saturated carbocycles. The molecule has 120 valence electrons. The summed E-state index contributed by atoms with van der Waals surface area (Å²) in [7, 11) is 0. The molecule has 0 radical (unpaired) electrons. The third kappa shape index (κ3) is 2.73. The van der Waals surface area contributed by atoms with Crippen LogP contribution in [-0.2, 0) is 0 Å². The Hall–Kier alpha value is -2.82. The van der Waals surface area contributed by atoms with E-state index in [1.807, 2.05) is 35.4 Å². The second-order valence-corrected chi connectivity index (χ2v) is 6.06. The van der Waals surface area contributed by atoms with Crippen molar-refractivity contribution in [3.05, 3.63) is 66.2 Å². The van der Waals surface area contributed by atoms with Crippen molar-refractivity contribution in [3.8, 4) is 0 Å². The predicted molar refractivity (Wildman–Crippen MR) is 91.4 cm³/mol. The Morgan fingerprint density at radius 3 is 2.75 bits per heavy atom. The summed E-state index contributed by atoms with van der Waals surface area (Å²) in [6.45, 7) is 0.775. The zero-order valence-electron chi connectivity index (χ0n) is 13.3. The Kier molecular flexibility index (Phi) is 3.91. The third-order valence-corrected chi connectivity index (χ3v) is 4.55. The number of benzene rings is 1. The number of rotatable bonds is 2. The average Bonchev–Trinajstić information content (AvgIpc) is 2.68. The van der Waals surface area contributed by atoms with Crippen LogP contribution in [0.4, 0.5) is 0 Å². The molecule has 5 heteroatoms. The molecule has 1 aliphatic rings. The van der Waals surface area contributed by atoms with Gasteiger partial charge < -0.3 is 4.90 Å². The predicted octanol–water partition coefficient (Wildman–Crippen LogP) is 3.39. The summed E-state index contributed by atoms with van der Waals surface area (Å²) in [6.07, 6.45) is 10.1. The summed E-state index contributed by atoms with van der Waals surface area (Å²) in [5.41, 5.74) is 3.32. The number of carbonyl (C=O) groups is 1. The summed E-state index contributed by atoms with van der Waals surface area (Å²) in [4.78, 5) is 27.8. The second kappa shape index (κ2) is 6.35. The summed E-state index contributed by atoms with van der Waals surface area (Å²) in [5.74, 6) is 0.0520. The van der Waals surface area contributed by atoms with E-state index in [0.717, 1.165) is 42.4 Å². The number of pyridine rings is 1. The first-order valence-corrected chi connectivity index (χ1v) is 8.24. The average molecular weight is 318 g/mol. The Morgan fingerprint density at radius 1 is 1.04 bits per heavy atom. The molecule has 24 heavy (non-hydrogen) atoms. The van der Waals surface area contributed by atoms with Crippen LogP contribution in [0.5, 0.6) is 0 Å². The topological polar surface area (TPSA) is 59.0 Å². The Balaban J connectivity index is 1.67. The van der Waals surface area contributed by atoms with Gasteiger partial charge in [0.25, 0.3) is 5.91 Å². The van der Waals surface area contributed by atoms with Gasteiger partial charge in [0, 0.05) is 36.9 Å². The molecule has 1 aromatic carbocycles. The van der Waals surface area contributed by atoms with Gasteiger partial charge in [-0.15, -0.1) is 0 Å². The zero-order valence-corrected chi connectivity index (χ0v) is 13.3. The number of fused-ring (bicyclic) bond motifs is 1. The van der Waals surface area contributed by atoms with E-state index < -0.39 is 0 Å². The van der Waals surface area contributed by atoms with Crippen LogP contribution in [0.2, 0.25) is 0 Å². The summed E-state index contributed by atoms with van der Waals surface area (Å²) < 4.78 is 0. The molecule has 1 unspecified atom stereocenters. The molecule has 3 aromatic rings. The monoisotopic (exact) mass is 318 g/mol. The van der Waals surface area contributed by atoms with E-state index in [2.05, 4.69) is 21.0 Å². The van der Waals surface area contributed by atoms with Gasteiger partial charge in [0.1, 0.15) is 0 Å². The standard InChI is InChI=1S/C19H18N4O/c24-19(14-6-7-16-17(12-14)22-10-9-21-16)23-11-2-1-5-18(23)15-4-3-8-20-13-15/h3-4,6-10,12-13,18H,1-2,5,11H2. The lowest BCUT2D eigenvalue weighted by Gasteiger charge is -2.36. The van der Waals surface area contributed by atoms with Gasteiger partial charge in [-0.2, -0.15) is 0 Å². The van der Waals surface area contributed by atoms with Gasteiger partial charge in [0.2, 0.25) is 0 Å². The number of aromatic nitrogens is 3. The first-order chi connectivity index (χ1) is 11.8. The lowest BCUT2D eigenvalue weighted by molar-refractivity contribution is 0.0611. The summed E-state index contributed by atoms with van der Waals surface area (Å²) in [5, 5.41) is 0. The van der Waals surface area contributed by atoms with E-state index in [1.165, 1.54) is 0 Å². The normalized spacial score (nSPS) is 17.8. The van der Waals surface area contributed by atoms with E-state index in [-0.39, 0.29) is 11.9 Å². The molecule has 1 atom stereocenters. The van der Waals surface area contributed by atoms with Gasteiger partial charge in [0.15, 0.2) is 0 Å². The lowest BCUT2D eigenvalue weighted by atomic mass is 9.95. The first-order valence-electron chi connectivity index (χ1n) is 8.24. The number of nitrogens with zero attached hydrogens (tertiary/aromatic N) is 4. The van der Waals surface area contributed by atoms with Crippen LogP contribution >= 0.6 is 0 Å². The molecular formula is C19H18N4O. The highest BCUT2D eigenvalue weighted by Gasteiger charge is 2.28. The second-order valence-electron chi connectivity index (χ2n) is 6.06. The summed E-state index contributed by atoms with van der Waals surface area (Å²) in [6, 6.07) is 9.61. The van der Waals surface area contributed by atoms with E-state index >= 15 is 0 Å². The maximum atomic E-state index is 13.1. The van der Waals surface area contributed by atoms with Crippen LogP contribution in [-0.4, -0.2) is 32.3 Å². The SMILES string of the molecule is O=C(c1ccc2nccnc2c1)N1CCCCC1c1cccnc1. The fraction of sp³-hybridized carbons (Fsp3) is 0.263. The van der Waals surface area contributed by atoms with Crippen LogP contribution in [0, 0.1) is 0 Å². The molecule has 4 rings (SSSR count). The molecule has 3 heterocycles. The molecule has 1 saturated heterocycles. The molecule has 0 bridgehead atoms. The highest BCUT2D eigenvalue weighted by Crippen LogP contribution is 2.31. The van der Waals surface area contributed by atoms with Crippen molar-refractivity contribution >= 4 is 16.9 Å². The number of hydrogen-bond donors (Lipinski definition) is 0. The highest BCUT2D eigenvalue weighted by atomic mass is 16.2. The van der Waals surface area contributed by atoms with Crippen LogP contribution in [0.1, 0.15) is 41.2 Å². The fourth-order valence-corrected chi connectivity index (χ4v) is 3.36. The molecule has 1 amide bonds. The Morgan fingerprint density at radius 2 is 1.92 bits per heavy atom. The molecule has 0 spiro atoms. The van der Waals surface area contributed by atoms with Crippen molar-refractivity contribution in [1.29, 1.82) is 0 Å². The van der Waals surface area contributed by atoms with E-state index in [4.69, 9.17) is 0 Å². The number of amides is 1. The highest BCUT2D eigenvalue weighted by molar-refractivity contribution is 5.97. The van der Waals surface area contributed by atoms with Gasteiger partial charge in [0.05, 0.1) is 17.1 Å². The number of piperidine rings is 1. The van der Waals surface area contributed by atoms with Gasteiger partial charge >= 0.3 is 0 Å². The molecule has 5 nitrogen and oxygen atoms in total. The fourth-order valence-electron chi connectivity index (χ4n) is 3.36. The Bertz CT molecular complexity index is 865. The molecule has 1 fully saturated rings. The lowest BCUT2D eigenvalue weighted by Crippen LogP contribution is -2.38. The number of carbonyl (C=O) groups excluding carboxylic acids is 1. The van der Waals surface area contributed by atoms with Crippen molar-refractivity contribution in [3.63, 3.8) is 0 Å². The van der Waals surface area contributed by atoms with Gasteiger partial charge in [-0.05, 0) is 49.1 Å². The van der Waals surface area contributed by atoms with Crippen LogP contribution in [0.15, 0.2) is 55.1 Å². The van der Waals surface area contributed by atoms with Gasteiger partial charge in [-0.25, -0.2) is 0 Å². The minimum Gasteiger partial charge on any atom is -0.332 e. The third-order valence-electron chi connectivity index (χ3n) is 4.55. The maximum absolute atomic E-state index is 13.1. The minimum absolute atomic E-state index is 0.0520. The van der Waals surface area contributed by atoms with E-state index in [1.54, 1.807) is 18.6 Å². The quantitative estimate of drug-likeness (QED) is 0.726. The maximum Gasteiger partial charge on any atom is 0.254 e. The van der Waals surface area contributed by atoms with Gasteiger partial charge in [-0.3, -0.25) is 19.7 Å². The molecular weight excluding hydrogens is 300 g/mol. The molecule has 0 N–H and O–H groups in total. The van der Waals surface area contributed by atoms with Gasteiger partial charge in [-0.1, -0.05) is 6.07 Å². The largest absolute Gasteiger partial charge is 0.332 e. The summed E-state index contributed by atoms with van der Waals surface area (Å²) >= 11 is 0. The number of likely N-dealkylation sites (tertiary alicyclic amines) is 1. The molecule has 0 aliphatic carbocycles. The van der Waals surface area contributed by atoms with Crippen molar-refractivity contribution in [2.45, 2.75) is 25.3 Å². The smallest absolute Gasteiger partial charge is 0.254 e. The van der Waals surface area contributed by atoms with E-state index in [0.29, 0.717) is 5.56 Å². The molecule has 1 aliphatic heterocycles. The Labute approximate surface area is 140 Å². The number of hydrogen-bond acceptors (Lipinski definition) is 4. The van der Waals surface area contributed by atoms with Crippen molar-refractivity contribution in [2.75, 3.05) is 6.54 Å². The zero-order chi connectivity index (χ0) is 16.4.